The van der Waals surface area contributed by atoms with Crippen LogP contribution in [0.15, 0.2) is 54.6 Å². The molecule has 1 atom stereocenters. The summed E-state index contributed by atoms with van der Waals surface area (Å²) in [6.45, 7) is 9.73. The highest BCUT2D eigenvalue weighted by Gasteiger charge is 2.04. The van der Waals surface area contributed by atoms with Gasteiger partial charge >= 0.3 is 0 Å². The Labute approximate surface area is 165 Å². The molecule has 0 bridgehead atoms. The summed E-state index contributed by atoms with van der Waals surface area (Å²) in [6, 6.07) is 20.2. The van der Waals surface area contributed by atoms with Crippen LogP contribution < -0.4 is 10.2 Å². The van der Waals surface area contributed by atoms with Crippen molar-refractivity contribution in [3.8, 4) is 0 Å². The van der Waals surface area contributed by atoms with E-state index in [2.05, 4.69) is 85.6 Å². The van der Waals surface area contributed by atoms with E-state index in [-0.39, 0.29) is 24.8 Å². The van der Waals surface area contributed by atoms with Gasteiger partial charge in [0.2, 0.25) is 0 Å². The van der Waals surface area contributed by atoms with E-state index in [1.54, 1.807) is 0 Å². The van der Waals surface area contributed by atoms with Gasteiger partial charge in [0.25, 0.3) is 0 Å². The van der Waals surface area contributed by atoms with Crippen molar-refractivity contribution < 1.29 is 0 Å². The molecule has 0 heterocycles. The van der Waals surface area contributed by atoms with Crippen LogP contribution in [0, 0.1) is 0 Å². The fraction of sp³-hybridized carbons (Fsp3) is 0.429. The Hall–Kier alpha value is -1.22. The van der Waals surface area contributed by atoms with Gasteiger partial charge in [0.05, 0.1) is 0 Å². The molecule has 0 aliphatic heterocycles. The van der Waals surface area contributed by atoms with Crippen LogP contribution in [0.1, 0.15) is 38.3 Å². The quantitative estimate of drug-likeness (QED) is 0.616. The molecule has 0 aliphatic rings. The summed E-state index contributed by atoms with van der Waals surface area (Å²) in [4.78, 5) is 2.37. The second kappa shape index (κ2) is 13.0. The number of nitrogens with zero attached hydrogens (tertiary/aromatic N) is 1. The van der Waals surface area contributed by atoms with Crippen molar-refractivity contribution in [1.82, 2.24) is 5.32 Å². The number of hydrogen-bond acceptors (Lipinski definition) is 2. The van der Waals surface area contributed by atoms with Gasteiger partial charge in [-0.1, -0.05) is 42.5 Å². The van der Waals surface area contributed by atoms with Gasteiger partial charge < -0.3 is 10.2 Å². The van der Waals surface area contributed by atoms with Crippen molar-refractivity contribution in [1.29, 1.82) is 0 Å². The van der Waals surface area contributed by atoms with Gasteiger partial charge in [-0.05, 0) is 56.9 Å². The third-order valence-corrected chi connectivity index (χ3v) is 4.43. The summed E-state index contributed by atoms with van der Waals surface area (Å²) in [6.07, 6.45) is 2.30. The zero-order valence-electron chi connectivity index (χ0n) is 15.6. The van der Waals surface area contributed by atoms with E-state index in [4.69, 9.17) is 0 Å². The zero-order valence-corrected chi connectivity index (χ0v) is 17.2. The number of nitrogens with one attached hydrogen (secondary N) is 1. The minimum atomic E-state index is 0. The number of benzene rings is 2. The maximum absolute atomic E-state index is 3.63. The van der Waals surface area contributed by atoms with Crippen molar-refractivity contribution >= 4 is 30.5 Å². The maximum atomic E-state index is 3.63. The van der Waals surface area contributed by atoms with Crippen LogP contribution in [-0.2, 0) is 13.0 Å². The molecule has 2 aromatic rings. The monoisotopic (exact) mass is 382 g/mol. The zero-order chi connectivity index (χ0) is 16.5. The first-order valence-corrected chi connectivity index (χ1v) is 8.84. The van der Waals surface area contributed by atoms with Gasteiger partial charge in [0.1, 0.15) is 0 Å². The number of aryl methyl sites for hydroxylation is 1. The molecule has 1 N–H and O–H groups in total. The second-order valence-corrected chi connectivity index (χ2v) is 6.14. The van der Waals surface area contributed by atoms with Crippen LogP contribution >= 0.6 is 24.8 Å². The molecular formula is C21H32Cl2N2. The van der Waals surface area contributed by atoms with Crippen LogP contribution in [0.25, 0.3) is 0 Å². The highest BCUT2D eigenvalue weighted by Crippen LogP contribution is 2.15. The first-order chi connectivity index (χ1) is 11.2. The first kappa shape index (κ1) is 23.8. The molecule has 25 heavy (non-hydrogen) atoms. The largest absolute Gasteiger partial charge is 0.372 e. The van der Waals surface area contributed by atoms with Crippen molar-refractivity contribution in [2.24, 2.45) is 0 Å². The number of anilines is 1. The molecular weight excluding hydrogens is 351 g/mol. The number of hydrogen-bond donors (Lipinski definition) is 1. The Kier molecular flexibility index (Phi) is 12.4. The molecule has 4 heteroatoms. The van der Waals surface area contributed by atoms with Gasteiger partial charge in [-0.2, -0.15) is 0 Å². The standard InChI is InChI=1S/C21H30N2.2ClH/c1-4-23(5-2)21-15-13-20(14-16-21)17-22-18(3)11-12-19-9-7-6-8-10-19;;/h6-10,13-16,18,22H,4-5,11-12,17H2,1-3H3;2*1H. The highest BCUT2D eigenvalue weighted by atomic mass is 35.5. The van der Waals surface area contributed by atoms with E-state index >= 15 is 0 Å². The molecule has 0 fully saturated rings. The molecule has 2 aromatic carbocycles. The van der Waals surface area contributed by atoms with Crippen LogP contribution in [0.2, 0.25) is 0 Å². The van der Waals surface area contributed by atoms with Gasteiger partial charge in [-0.25, -0.2) is 0 Å². The molecule has 2 rings (SSSR count). The fourth-order valence-corrected chi connectivity index (χ4v) is 2.84. The van der Waals surface area contributed by atoms with E-state index in [1.807, 2.05) is 0 Å². The van der Waals surface area contributed by atoms with Gasteiger partial charge in [-0.15, -0.1) is 24.8 Å². The summed E-state index contributed by atoms with van der Waals surface area (Å²) >= 11 is 0. The minimum absolute atomic E-state index is 0. The highest BCUT2D eigenvalue weighted by molar-refractivity contribution is 5.85. The topological polar surface area (TPSA) is 15.3 Å². The smallest absolute Gasteiger partial charge is 0.0366 e. The van der Waals surface area contributed by atoms with Crippen molar-refractivity contribution in [3.63, 3.8) is 0 Å². The molecule has 140 valence electrons. The predicted molar refractivity (Wildman–Crippen MR) is 116 cm³/mol. The average Bonchev–Trinajstić information content (AvgIpc) is 2.61. The minimum Gasteiger partial charge on any atom is -0.372 e. The molecule has 0 amide bonds. The predicted octanol–water partition coefficient (Wildman–Crippen LogP) is 5.49. The molecule has 0 aliphatic carbocycles. The first-order valence-electron chi connectivity index (χ1n) is 8.84. The number of rotatable bonds is 9. The Balaban J connectivity index is 0.00000288. The Morgan fingerprint density at radius 3 is 2.00 bits per heavy atom. The third kappa shape index (κ3) is 8.13. The van der Waals surface area contributed by atoms with Crippen LogP contribution in [0.3, 0.4) is 0 Å². The SMILES string of the molecule is CCN(CC)c1ccc(CNC(C)CCc2ccccc2)cc1.Cl.Cl. The van der Waals surface area contributed by atoms with E-state index in [0.29, 0.717) is 6.04 Å². The second-order valence-electron chi connectivity index (χ2n) is 6.14. The van der Waals surface area contributed by atoms with E-state index in [9.17, 15) is 0 Å². The van der Waals surface area contributed by atoms with Crippen molar-refractivity contribution in [2.45, 2.75) is 46.2 Å². The Bertz CT molecular complexity index is 554. The summed E-state index contributed by atoms with van der Waals surface area (Å²) in [5, 5.41) is 3.63. The van der Waals surface area contributed by atoms with Crippen LogP contribution in [0.4, 0.5) is 5.69 Å². The average molecular weight is 383 g/mol. The molecule has 2 nitrogen and oxygen atoms in total. The lowest BCUT2D eigenvalue weighted by Crippen LogP contribution is -2.26. The molecule has 0 radical (unpaired) electrons. The van der Waals surface area contributed by atoms with Crippen molar-refractivity contribution in [2.75, 3.05) is 18.0 Å². The molecule has 0 saturated carbocycles. The maximum Gasteiger partial charge on any atom is 0.0366 e. The van der Waals surface area contributed by atoms with E-state index in [1.165, 1.54) is 23.2 Å². The number of halogens is 2. The lowest BCUT2D eigenvalue weighted by Gasteiger charge is -2.21. The van der Waals surface area contributed by atoms with Crippen LogP contribution in [-0.4, -0.2) is 19.1 Å². The normalized spacial score (nSPS) is 11.2. The van der Waals surface area contributed by atoms with E-state index < -0.39 is 0 Å². The fourth-order valence-electron chi connectivity index (χ4n) is 2.84. The lowest BCUT2D eigenvalue weighted by molar-refractivity contribution is 0.514. The lowest BCUT2D eigenvalue weighted by atomic mass is 10.1. The molecule has 0 aromatic heterocycles. The van der Waals surface area contributed by atoms with Gasteiger partial charge in [0, 0.05) is 31.4 Å². The summed E-state index contributed by atoms with van der Waals surface area (Å²) in [5.74, 6) is 0. The summed E-state index contributed by atoms with van der Waals surface area (Å²) in [7, 11) is 0. The van der Waals surface area contributed by atoms with Crippen molar-refractivity contribution in [3.05, 3.63) is 65.7 Å². The third-order valence-electron chi connectivity index (χ3n) is 4.43. The molecule has 1 unspecified atom stereocenters. The summed E-state index contributed by atoms with van der Waals surface area (Å²) < 4.78 is 0. The Morgan fingerprint density at radius 1 is 0.840 bits per heavy atom. The van der Waals surface area contributed by atoms with Gasteiger partial charge in [-0.3, -0.25) is 0 Å². The van der Waals surface area contributed by atoms with Gasteiger partial charge in [0.15, 0.2) is 0 Å². The van der Waals surface area contributed by atoms with E-state index in [0.717, 1.165) is 26.1 Å². The van der Waals surface area contributed by atoms with Crippen LogP contribution in [0.5, 0.6) is 0 Å². The molecule has 0 spiro atoms. The summed E-state index contributed by atoms with van der Waals surface area (Å²) in [5.41, 5.74) is 4.09. The molecule has 0 saturated heterocycles. The Morgan fingerprint density at radius 2 is 1.44 bits per heavy atom.